The Hall–Kier alpha value is -1.51. The minimum absolute atomic E-state index is 0.684. The molecule has 0 unspecified atom stereocenters. The van der Waals surface area contributed by atoms with Gasteiger partial charge in [-0.3, -0.25) is 0 Å². The van der Waals surface area contributed by atoms with Crippen molar-refractivity contribution in [3.63, 3.8) is 0 Å². The van der Waals surface area contributed by atoms with Crippen LogP contribution in [0.1, 0.15) is 11.1 Å². The number of benzene rings is 2. The van der Waals surface area contributed by atoms with Gasteiger partial charge in [-0.2, -0.15) is 0 Å². The van der Waals surface area contributed by atoms with E-state index in [4.69, 9.17) is 22.1 Å². The molecule has 0 radical (unpaired) electrons. The smallest absolute Gasteiger partial charge is 0.0725 e. The molecule has 2 nitrogen and oxygen atoms in total. The van der Waals surface area contributed by atoms with Crippen molar-refractivity contribution in [1.29, 1.82) is 0 Å². The molecule has 1 aliphatic rings. The van der Waals surface area contributed by atoms with Crippen LogP contribution in [0.2, 0.25) is 5.02 Å². The molecule has 0 bridgehead atoms. The van der Waals surface area contributed by atoms with Crippen LogP contribution in [0.15, 0.2) is 36.4 Å². The highest BCUT2D eigenvalue weighted by molar-refractivity contribution is 6.31. The van der Waals surface area contributed by atoms with Gasteiger partial charge in [0.2, 0.25) is 0 Å². The van der Waals surface area contributed by atoms with Gasteiger partial charge in [0, 0.05) is 16.3 Å². The van der Waals surface area contributed by atoms with E-state index >= 15 is 0 Å². The van der Waals surface area contributed by atoms with Gasteiger partial charge in [0.25, 0.3) is 0 Å². The van der Waals surface area contributed by atoms with Crippen LogP contribution >= 0.6 is 11.6 Å². The molecule has 0 fully saturated rings. The average Bonchev–Trinajstić information content (AvgIpc) is 2.79. The highest BCUT2D eigenvalue weighted by atomic mass is 35.5. The van der Waals surface area contributed by atoms with Crippen molar-refractivity contribution >= 4 is 17.3 Å². The number of rotatable bonds is 1. The molecular formula is C14H12ClNO. The van der Waals surface area contributed by atoms with E-state index < -0.39 is 0 Å². The largest absolute Gasteiger partial charge is 0.398 e. The third kappa shape index (κ3) is 1.90. The van der Waals surface area contributed by atoms with Gasteiger partial charge in [0.15, 0.2) is 0 Å². The Labute approximate surface area is 105 Å². The normalized spacial score (nSPS) is 13.7. The Bertz CT molecular complexity index is 580. The van der Waals surface area contributed by atoms with E-state index in [0.717, 1.165) is 16.8 Å². The molecule has 0 spiro atoms. The van der Waals surface area contributed by atoms with Crippen molar-refractivity contribution in [2.45, 2.75) is 13.2 Å². The van der Waals surface area contributed by atoms with E-state index in [0.29, 0.717) is 18.2 Å². The van der Waals surface area contributed by atoms with Crippen molar-refractivity contribution in [3.05, 3.63) is 52.5 Å². The lowest BCUT2D eigenvalue weighted by atomic mass is 9.99. The number of fused-ring (bicyclic) bond motifs is 1. The second-order valence-electron chi connectivity index (χ2n) is 4.21. The summed E-state index contributed by atoms with van der Waals surface area (Å²) in [6.07, 6.45) is 0. The van der Waals surface area contributed by atoms with Gasteiger partial charge in [0.05, 0.1) is 13.2 Å². The number of anilines is 1. The Morgan fingerprint density at radius 3 is 2.71 bits per heavy atom. The van der Waals surface area contributed by atoms with E-state index in [2.05, 4.69) is 18.2 Å². The standard InChI is InChI=1S/C14H12ClNO/c15-12-3-4-14(16)13(6-12)9-1-2-10-7-17-8-11(10)5-9/h1-6H,7-8,16H2. The third-order valence-corrected chi connectivity index (χ3v) is 3.28. The molecule has 3 heteroatoms. The molecule has 2 N–H and O–H groups in total. The maximum atomic E-state index is 6.00. The fourth-order valence-corrected chi connectivity index (χ4v) is 2.29. The molecule has 2 aromatic carbocycles. The number of nitrogen functional groups attached to an aromatic ring is 1. The average molecular weight is 246 g/mol. The first-order valence-corrected chi connectivity index (χ1v) is 5.87. The van der Waals surface area contributed by atoms with E-state index in [1.165, 1.54) is 11.1 Å². The molecule has 0 saturated heterocycles. The van der Waals surface area contributed by atoms with E-state index in [-0.39, 0.29) is 0 Å². The zero-order valence-corrected chi connectivity index (χ0v) is 10.00. The van der Waals surface area contributed by atoms with Crippen LogP contribution in [0, 0.1) is 0 Å². The number of nitrogens with two attached hydrogens (primary N) is 1. The first kappa shape index (κ1) is 10.6. The highest BCUT2D eigenvalue weighted by Gasteiger charge is 2.12. The van der Waals surface area contributed by atoms with Gasteiger partial charge in [-0.15, -0.1) is 0 Å². The molecule has 1 heterocycles. The summed E-state index contributed by atoms with van der Waals surface area (Å²) in [5.41, 5.74) is 11.3. The Balaban J connectivity index is 2.12. The second-order valence-corrected chi connectivity index (χ2v) is 4.64. The fraction of sp³-hybridized carbons (Fsp3) is 0.143. The quantitative estimate of drug-likeness (QED) is 0.779. The summed E-state index contributed by atoms with van der Waals surface area (Å²) in [5, 5.41) is 0.700. The summed E-state index contributed by atoms with van der Waals surface area (Å²) in [5.74, 6) is 0. The number of hydrogen-bond acceptors (Lipinski definition) is 2. The van der Waals surface area contributed by atoms with Crippen LogP contribution in [0.3, 0.4) is 0 Å². The zero-order valence-electron chi connectivity index (χ0n) is 9.24. The maximum absolute atomic E-state index is 6.00. The predicted molar refractivity (Wildman–Crippen MR) is 69.8 cm³/mol. The van der Waals surface area contributed by atoms with Crippen molar-refractivity contribution in [2.24, 2.45) is 0 Å². The third-order valence-electron chi connectivity index (χ3n) is 3.05. The summed E-state index contributed by atoms with van der Waals surface area (Å²) < 4.78 is 5.40. The number of halogens is 1. The molecule has 3 rings (SSSR count). The first-order valence-electron chi connectivity index (χ1n) is 5.49. The minimum Gasteiger partial charge on any atom is -0.398 e. The van der Waals surface area contributed by atoms with Crippen LogP contribution in [0.25, 0.3) is 11.1 Å². The predicted octanol–water partition coefficient (Wildman–Crippen LogP) is 3.62. The maximum Gasteiger partial charge on any atom is 0.0725 e. The van der Waals surface area contributed by atoms with Gasteiger partial charge in [-0.1, -0.05) is 23.7 Å². The summed E-state index contributed by atoms with van der Waals surface area (Å²) in [4.78, 5) is 0. The molecule has 1 aliphatic heterocycles. The lowest BCUT2D eigenvalue weighted by Gasteiger charge is -2.08. The SMILES string of the molecule is Nc1ccc(Cl)cc1-c1ccc2c(c1)COC2. The summed E-state index contributed by atoms with van der Waals surface area (Å²) in [7, 11) is 0. The van der Waals surface area contributed by atoms with Crippen molar-refractivity contribution in [2.75, 3.05) is 5.73 Å². The molecule has 86 valence electrons. The molecule has 0 aliphatic carbocycles. The Morgan fingerprint density at radius 1 is 1.00 bits per heavy atom. The van der Waals surface area contributed by atoms with Gasteiger partial charge in [-0.05, 0) is 41.0 Å². The molecule has 0 aromatic heterocycles. The minimum atomic E-state index is 0.684. The highest BCUT2D eigenvalue weighted by Crippen LogP contribution is 2.32. The van der Waals surface area contributed by atoms with Crippen molar-refractivity contribution in [3.8, 4) is 11.1 Å². The first-order chi connectivity index (χ1) is 8.24. The molecular weight excluding hydrogens is 234 g/mol. The zero-order chi connectivity index (χ0) is 11.8. The van der Waals surface area contributed by atoms with Gasteiger partial charge >= 0.3 is 0 Å². The molecule has 2 aromatic rings. The van der Waals surface area contributed by atoms with Crippen LogP contribution in [0.4, 0.5) is 5.69 Å². The van der Waals surface area contributed by atoms with E-state index in [9.17, 15) is 0 Å². The lowest BCUT2D eigenvalue weighted by molar-refractivity contribution is 0.134. The monoisotopic (exact) mass is 245 g/mol. The van der Waals surface area contributed by atoms with Crippen molar-refractivity contribution in [1.82, 2.24) is 0 Å². The van der Waals surface area contributed by atoms with Crippen LogP contribution in [-0.2, 0) is 18.0 Å². The van der Waals surface area contributed by atoms with Crippen LogP contribution < -0.4 is 5.73 Å². The number of ether oxygens (including phenoxy) is 1. The molecule has 0 atom stereocenters. The second kappa shape index (κ2) is 4.06. The van der Waals surface area contributed by atoms with E-state index in [1.807, 2.05) is 12.1 Å². The summed E-state index contributed by atoms with van der Waals surface area (Å²) >= 11 is 6.00. The Morgan fingerprint density at radius 2 is 1.82 bits per heavy atom. The van der Waals surface area contributed by atoms with Crippen molar-refractivity contribution < 1.29 is 4.74 Å². The fourth-order valence-electron chi connectivity index (χ4n) is 2.12. The summed E-state index contributed by atoms with van der Waals surface area (Å²) in [6, 6.07) is 11.8. The van der Waals surface area contributed by atoms with E-state index in [1.54, 1.807) is 6.07 Å². The van der Waals surface area contributed by atoms with Crippen LogP contribution in [-0.4, -0.2) is 0 Å². The van der Waals surface area contributed by atoms with Crippen LogP contribution in [0.5, 0.6) is 0 Å². The molecule has 17 heavy (non-hydrogen) atoms. The molecule has 0 saturated carbocycles. The Kier molecular flexibility index (Phi) is 2.54. The summed E-state index contributed by atoms with van der Waals surface area (Å²) in [6.45, 7) is 1.39. The van der Waals surface area contributed by atoms with Gasteiger partial charge in [0.1, 0.15) is 0 Å². The van der Waals surface area contributed by atoms with Gasteiger partial charge < -0.3 is 10.5 Å². The van der Waals surface area contributed by atoms with Gasteiger partial charge in [-0.25, -0.2) is 0 Å². The number of hydrogen-bond donors (Lipinski definition) is 1. The topological polar surface area (TPSA) is 35.2 Å². The lowest BCUT2D eigenvalue weighted by Crippen LogP contribution is -1.91. The molecule has 0 amide bonds.